The van der Waals surface area contributed by atoms with E-state index in [1.54, 1.807) is 7.11 Å². The summed E-state index contributed by atoms with van der Waals surface area (Å²) in [6.45, 7) is 6.75. The van der Waals surface area contributed by atoms with Gasteiger partial charge in [0, 0.05) is 13.7 Å². The summed E-state index contributed by atoms with van der Waals surface area (Å²) < 4.78 is 5.21. The van der Waals surface area contributed by atoms with Crippen LogP contribution >= 0.6 is 0 Å². The van der Waals surface area contributed by atoms with Crippen LogP contribution in [-0.2, 0) is 4.74 Å². The van der Waals surface area contributed by atoms with Crippen molar-refractivity contribution in [1.29, 1.82) is 0 Å². The van der Waals surface area contributed by atoms with Crippen molar-refractivity contribution >= 4 is 0 Å². The molecule has 0 bridgehead atoms. The molecule has 1 N–H and O–H groups in total. The Morgan fingerprint density at radius 2 is 1.91 bits per heavy atom. The van der Waals surface area contributed by atoms with E-state index in [2.05, 4.69) is 20.8 Å². The van der Waals surface area contributed by atoms with Crippen LogP contribution in [0.5, 0.6) is 0 Å². The molecule has 0 spiro atoms. The van der Waals surface area contributed by atoms with Crippen LogP contribution in [0.25, 0.3) is 0 Å². The molecule has 2 nitrogen and oxygen atoms in total. The molecule has 0 radical (unpaired) electrons. The van der Waals surface area contributed by atoms with Crippen LogP contribution in [0.2, 0.25) is 0 Å². The second-order valence-electron chi connectivity index (χ2n) is 4.13. The van der Waals surface area contributed by atoms with Crippen molar-refractivity contribution in [3.63, 3.8) is 0 Å². The van der Waals surface area contributed by atoms with Crippen LogP contribution in [0.1, 0.15) is 33.6 Å². The molecule has 0 aromatic rings. The highest BCUT2D eigenvalue weighted by atomic mass is 16.5. The van der Waals surface area contributed by atoms with Gasteiger partial charge in [0.15, 0.2) is 0 Å². The molecule has 0 aromatic heterocycles. The maximum atomic E-state index is 8.68. The Morgan fingerprint density at radius 3 is 2.18 bits per heavy atom. The van der Waals surface area contributed by atoms with Crippen LogP contribution in [0.15, 0.2) is 0 Å². The molecule has 2 heteroatoms. The molecule has 1 unspecified atom stereocenters. The van der Waals surface area contributed by atoms with Gasteiger partial charge in [-0.2, -0.15) is 0 Å². The molecule has 1 atom stereocenters. The predicted molar refractivity (Wildman–Crippen MR) is 46.6 cm³/mol. The van der Waals surface area contributed by atoms with E-state index >= 15 is 0 Å². The number of rotatable bonds is 4. The number of aliphatic hydroxyl groups excluding tert-OH is 1. The molecule has 0 rings (SSSR count). The topological polar surface area (TPSA) is 29.5 Å². The van der Waals surface area contributed by atoms with Gasteiger partial charge in [-0.25, -0.2) is 0 Å². The predicted octanol–water partition coefficient (Wildman–Crippen LogP) is 1.82. The number of aliphatic hydroxyl groups is 1. The van der Waals surface area contributed by atoms with Crippen LogP contribution < -0.4 is 0 Å². The highest BCUT2D eigenvalue weighted by Gasteiger charge is 2.17. The Kier molecular flexibility index (Phi) is 4.69. The van der Waals surface area contributed by atoms with Gasteiger partial charge < -0.3 is 9.84 Å². The molecule has 0 saturated carbocycles. The zero-order chi connectivity index (χ0) is 8.91. The quantitative estimate of drug-likeness (QED) is 0.679. The van der Waals surface area contributed by atoms with Crippen molar-refractivity contribution < 1.29 is 9.84 Å². The maximum Gasteiger partial charge on any atom is 0.0598 e. The fraction of sp³-hybridized carbons (Fsp3) is 1.00. The van der Waals surface area contributed by atoms with Gasteiger partial charge in [0.2, 0.25) is 0 Å². The van der Waals surface area contributed by atoms with Crippen LogP contribution in [0.4, 0.5) is 0 Å². The van der Waals surface area contributed by atoms with E-state index in [9.17, 15) is 0 Å². The van der Waals surface area contributed by atoms with Crippen molar-refractivity contribution in [2.45, 2.75) is 39.7 Å². The summed E-state index contributed by atoms with van der Waals surface area (Å²) in [6.07, 6.45) is 1.96. The summed E-state index contributed by atoms with van der Waals surface area (Å²) in [5.74, 6) is 0. The summed E-state index contributed by atoms with van der Waals surface area (Å²) in [5.41, 5.74) is 0.288. The molecule has 0 aliphatic heterocycles. The third-order valence-corrected chi connectivity index (χ3v) is 1.62. The minimum Gasteiger partial charge on any atom is -0.396 e. The number of methoxy groups -OCH3 is 1. The van der Waals surface area contributed by atoms with Gasteiger partial charge >= 0.3 is 0 Å². The third-order valence-electron chi connectivity index (χ3n) is 1.62. The monoisotopic (exact) mass is 160 g/mol. The molecule has 11 heavy (non-hydrogen) atoms. The highest BCUT2D eigenvalue weighted by Crippen LogP contribution is 2.23. The van der Waals surface area contributed by atoms with Crippen LogP contribution in [0.3, 0.4) is 0 Å². The van der Waals surface area contributed by atoms with Gasteiger partial charge in [-0.3, -0.25) is 0 Å². The average Bonchev–Trinajstić information content (AvgIpc) is 1.84. The summed E-state index contributed by atoms with van der Waals surface area (Å²) in [4.78, 5) is 0. The largest absolute Gasteiger partial charge is 0.396 e. The first-order chi connectivity index (χ1) is 4.99. The first-order valence-corrected chi connectivity index (χ1v) is 4.13. The SMILES string of the molecule is COC(CCO)CC(C)(C)C. The van der Waals surface area contributed by atoms with Gasteiger partial charge in [-0.1, -0.05) is 20.8 Å². The maximum absolute atomic E-state index is 8.68. The van der Waals surface area contributed by atoms with Gasteiger partial charge in [-0.15, -0.1) is 0 Å². The van der Waals surface area contributed by atoms with Gasteiger partial charge in [0.1, 0.15) is 0 Å². The fourth-order valence-corrected chi connectivity index (χ4v) is 1.13. The average molecular weight is 160 g/mol. The van der Waals surface area contributed by atoms with Crippen LogP contribution in [-0.4, -0.2) is 24.9 Å². The van der Waals surface area contributed by atoms with E-state index in [-0.39, 0.29) is 18.1 Å². The lowest BCUT2D eigenvalue weighted by atomic mass is 9.88. The Bertz CT molecular complexity index is 94.2. The molecular weight excluding hydrogens is 140 g/mol. The molecule has 0 aliphatic carbocycles. The summed E-state index contributed by atoms with van der Waals surface area (Å²) in [6, 6.07) is 0. The molecule has 68 valence electrons. The molecule has 0 heterocycles. The Morgan fingerprint density at radius 1 is 1.36 bits per heavy atom. The zero-order valence-corrected chi connectivity index (χ0v) is 8.05. The van der Waals surface area contributed by atoms with Crippen molar-refractivity contribution in [3.05, 3.63) is 0 Å². The number of hydrogen-bond donors (Lipinski definition) is 1. The van der Waals surface area contributed by atoms with E-state index in [0.717, 1.165) is 12.8 Å². The van der Waals surface area contributed by atoms with Crippen molar-refractivity contribution in [2.75, 3.05) is 13.7 Å². The van der Waals surface area contributed by atoms with E-state index in [1.807, 2.05) is 0 Å². The third kappa shape index (κ3) is 6.32. The lowest BCUT2D eigenvalue weighted by Crippen LogP contribution is -2.20. The van der Waals surface area contributed by atoms with E-state index in [4.69, 9.17) is 9.84 Å². The van der Waals surface area contributed by atoms with Crippen molar-refractivity contribution in [3.8, 4) is 0 Å². The lowest BCUT2D eigenvalue weighted by molar-refractivity contribution is 0.0464. The smallest absolute Gasteiger partial charge is 0.0598 e. The van der Waals surface area contributed by atoms with Crippen molar-refractivity contribution in [2.24, 2.45) is 5.41 Å². The highest BCUT2D eigenvalue weighted by molar-refractivity contribution is 4.68. The summed E-state index contributed by atoms with van der Waals surface area (Å²) in [5, 5.41) is 8.68. The Labute approximate surface area is 69.6 Å². The molecule has 0 fully saturated rings. The molecule has 0 aromatic carbocycles. The lowest BCUT2D eigenvalue weighted by Gasteiger charge is -2.24. The number of ether oxygens (including phenoxy) is 1. The summed E-state index contributed by atoms with van der Waals surface area (Å²) in [7, 11) is 1.70. The molecule has 0 aliphatic rings. The Balaban J connectivity index is 3.68. The fourth-order valence-electron chi connectivity index (χ4n) is 1.13. The second-order valence-corrected chi connectivity index (χ2v) is 4.13. The van der Waals surface area contributed by atoms with E-state index in [1.165, 1.54) is 0 Å². The van der Waals surface area contributed by atoms with Gasteiger partial charge in [0.05, 0.1) is 6.10 Å². The minimum atomic E-state index is 0.208. The van der Waals surface area contributed by atoms with Crippen molar-refractivity contribution in [1.82, 2.24) is 0 Å². The number of hydrogen-bond acceptors (Lipinski definition) is 2. The zero-order valence-electron chi connectivity index (χ0n) is 8.05. The van der Waals surface area contributed by atoms with Gasteiger partial charge in [0.25, 0.3) is 0 Å². The van der Waals surface area contributed by atoms with Gasteiger partial charge in [-0.05, 0) is 18.3 Å². The van der Waals surface area contributed by atoms with E-state index < -0.39 is 0 Å². The molecule has 0 saturated heterocycles. The van der Waals surface area contributed by atoms with E-state index in [0.29, 0.717) is 0 Å². The molecular formula is C9H20O2. The normalized spacial score (nSPS) is 15.0. The summed E-state index contributed by atoms with van der Waals surface area (Å²) >= 11 is 0. The first kappa shape index (κ1) is 10.9. The first-order valence-electron chi connectivity index (χ1n) is 4.13. The minimum absolute atomic E-state index is 0.208. The van der Waals surface area contributed by atoms with Crippen LogP contribution in [0, 0.1) is 5.41 Å². The molecule has 0 amide bonds. The second kappa shape index (κ2) is 4.73. The standard InChI is InChI=1S/C9H20O2/c1-9(2,3)7-8(11-4)5-6-10/h8,10H,5-7H2,1-4H3. The Hall–Kier alpha value is -0.0800.